The number of hydrogen-bond donors (Lipinski definition) is 0. The first kappa shape index (κ1) is 40.1. The normalized spacial score (nSPS) is 9.12. The van der Waals surface area contributed by atoms with Gasteiger partial charge in [0, 0.05) is 40.2 Å². The predicted octanol–water partition coefficient (Wildman–Crippen LogP) is 8.57. The molecular weight excluding hydrogens is 797 g/mol. The maximum Gasteiger partial charge on any atom is 0 e. The van der Waals surface area contributed by atoms with E-state index in [1.54, 1.807) is 0 Å². The summed E-state index contributed by atoms with van der Waals surface area (Å²) in [7, 11) is 0. The Morgan fingerprint density at radius 2 is 0.788 bits per heavy atom. The van der Waals surface area contributed by atoms with Crippen LogP contribution in [0.5, 0.6) is 0 Å². The topological polar surface area (TPSA) is 0 Å². The minimum Gasteiger partial charge on any atom is -0.810 e. The molecular formula is C29H42Ir2S2-6. The van der Waals surface area contributed by atoms with Crippen LogP contribution in [-0.4, -0.2) is 0 Å². The van der Waals surface area contributed by atoms with Crippen molar-refractivity contribution in [1.82, 2.24) is 0 Å². The van der Waals surface area contributed by atoms with Gasteiger partial charge in [0.25, 0.3) is 0 Å². The molecule has 0 atom stereocenters. The van der Waals surface area contributed by atoms with Gasteiger partial charge in [-0.1, -0.05) is 105 Å². The molecule has 0 aliphatic carbocycles. The van der Waals surface area contributed by atoms with Gasteiger partial charge in [-0.15, -0.1) is 0 Å². The summed E-state index contributed by atoms with van der Waals surface area (Å²) in [6.45, 7) is 22.0. The van der Waals surface area contributed by atoms with Gasteiger partial charge in [-0.25, -0.2) is 0 Å². The minimum atomic E-state index is -0.175. The van der Waals surface area contributed by atoms with Crippen LogP contribution in [0.4, 0.5) is 0 Å². The Hall–Kier alpha value is -0.0813. The first-order chi connectivity index (χ1) is 13.4. The average molecular weight is 839 g/mol. The maximum atomic E-state index is 4.86. The fourth-order valence-electron chi connectivity index (χ4n) is 3.42. The molecule has 3 rings (SSSR count). The van der Waals surface area contributed by atoms with Gasteiger partial charge in [-0.3, -0.25) is 4.58 Å². The van der Waals surface area contributed by atoms with Gasteiger partial charge in [-0.2, -0.15) is 55.6 Å². The summed E-state index contributed by atoms with van der Waals surface area (Å²) in [5.41, 5.74) is 15.7. The fourth-order valence-corrected chi connectivity index (χ4v) is 3.74. The van der Waals surface area contributed by atoms with Gasteiger partial charge in [0.05, 0.1) is 0 Å². The number of benzene rings is 1. The summed E-state index contributed by atoms with van der Waals surface area (Å²) in [4.78, 5) is 0. The van der Waals surface area contributed by atoms with Gasteiger partial charge < -0.3 is 40.1 Å². The summed E-state index contributed by atoms with van der Waals surface area (Å²) in [6.07, 6.45) is 0. The van der Waals surface area contributed by atoms with Crippen molar-refractivity contribution < 1.29 is 40.2 Å². The zero-order valence-corrected chi connectivity index (χ0v) is 28.9. The van der Waals surface area contributed by atoms with Crippen LogP contribution in [0.3, 0.4) is 0 Å². The van der Waals surface area contributed by atoms with E-state index < -0.39 is 0 Å². The van der Waals surface area contributed by atoms with Crippen molar-refractivity contribution in [2.75, 3.05) is 0 Å². The van der Waals surface area contributed by atoms with Crippen molar-refractivity contribution in [3.8, 4) is 0 Å². The van der Waals surface area contributed by atoms with Crippen LogP contribution in [0.2, 0.25) is 0 Å². The standard InChI is InChI=1S/2C10H15.C7H8S2.2CH3.2Ir/c2*1-6-7(2)9(4)10(5)8(6)3;8-7(9)6-4-2-1-3-5-6;;;;/h2*1-5H3;1-5,7-9H;2*1H3;;/q2*-1;;2*-1;;/p-2. The second-order valence-corrected chi connectivity index (χ2v) is 9.23. The van der Waals surface area contributed by atoms with Gasteiger partial charge in [0.1, 0.15) is 0 Å². The Balaban J connectivity index is -0.000000180. The molecule has 0 bridgehead atoms. The first-order valence-electron chi connectivity index (χ1n) is 10.2. The van der Waals surface area contributed by atoms with E-state index in [2.05, 4.69) is 69.2 Å². The molecule has 0 aliphatic heterocycles. The van der Waals surface area contributed by atoms with Crippen molar-refractivity contribution in [2.45, 2.75) is 73.8 Å². The molecule has 0 saturated heterocycles. The first-order valence-corrected chi connectivity index (χ1v) is 11.1. The van der Waals surface area contributed by atoms with Crippen molar-refractivity contribution in [3.05, 3.63) is 106 Å². The summed E-state index contributed by atoms with van der Waals surface area (Å²) in [6, 6.07) is 9.74. The molecule has 0 nitrogen and oxygen atoms in total. The van der Waals surface area contributed by atoms with Crippen molar-refractivity contribution >= 4 is 25.3 Å². The summed E-state index contributed by atoms with van der Waals surface area (Å²) in [5, 5.41) is 0. The second kappa shape index (κ2) is 18.2. The van der Waals surface area contributed by atoms with Crippen LogP contribution >= 0.6 is 0 Å². The Kier molecular flexibility index (Phi) is 22.1. The molecule has 0 N–H and O–H groups in total. The van der Waals surface area contributed by atoms with Crippen LogP contribution in [0.1, 0.15) is 65.8 Å². The Morgan fingerprint density at radius 3 is 0.909 bits per heavy atom. The van der Waals surface area contributed by atoms with Crippen LogP contribution in [0.25, 0.3) is 0 Å². The Morgan fingerprint density at radius 1 is 0.545 bits per heavy atom. The Labute approximate surface area is 244 Å². The molecule has 4 heteroatoms. The van der Waals surface area contributed by atoms with E-state index in [-0.39, 0.29) is 59.6 Å². The summed E-state index contributed by atoms with van der Waals surface area (Å²) < 4.78 is -0.175. The maximum absolute atomic E-state index is 4.86. The van der Waals surface area contributed by atoms with Crippen LogP contribution in [0.15, 0.2) is 30.3 Å². The van der Waals surface area contributed by atoms with E-state index in [1.165, 1.54) is 55.6 Å². The van der Waals surface area contributed by atoms with Crippen LogP contribution in [0, 0.1) is 84.1 Å². The van der Waals surface area contributed by atoms with Gasteiger partial charge in [0.15, 0.2) is 0 Å². The van der Waals surface area contributed by atoms with Gasteiger partial charge >= 0.3 is 0 Å². The molecule has 3 aromatic carbocycles. The molecule has 33 heavy (non-hydrogen) atoms. The summed E-state index contributed by atoms with van der Waals surface area (Å²) in [5.74, 6) is 0. The molecule has 194 valence electrons. The number of rotatable bonds is 1. The van der Waals surface area contributed by atoms with E-state index in [0.29, 0.717) is 0 Å². The number of hydrogen-bond acceptors (Lipinski definition) is 2. The average Bonchev–Trinajstić information content (AvgIpc) is 2.99. The third-order valence-corrected chi connectivity index (χ3v) is 7.24. The van der Waals surface area contributed by atoms with Gasteiger partial charge in [-0.05, 0) is 0 Å². The molecule has 0 heterocycles. The largest absolute Gasteiger partial charge is 0.810 e. The molecule has 3 aromatic rings. The van der Waals surface area contributed by atoms with E-state index >= 15 is 0 Å². The van der Waals surface area contributed by atoms with E-state index in [4.69, 9.17) is 25.3 Å². The molecule has 0 aromatic heterocycles. The quantitative estimate of drug-likeness (QED) is 0.178. The minimum absolute atomic E-state index is 0. The van der Waals surface area contributed by atoms with Gasteiger partial charge in [0.2, 0.25) is 0 Å². The summed E-state index contributed by atoms with van der Waals surface area (Å²) >= 11 is 9.72. The molecule has 0 fully saturated rings. The van der Waals surface area contributed by atoms with Crippen LogP contribution < -0.4 is 0 Å². The zero-order valence-electron chi connectivity index (χ0n) is 22.4. The van der Waals surface area contributed by atoms with Crippen molar-refractivity contribution in [3.63, 3.8) is 0 Å². The molecule has 0 unspecified atom stereocenters. The molecule has 2 radical (unpaired) electrons. The molecule has 0 amide bonds. The molecule has 0 spiro atoms. The van der Waals surface area contributed by atoms with Crippen molar-refractivity contribution in [1.29, 1.82) is 0 Å². The third-order valence-electron chi connectivity index (χ3n) is 6.70. The second-order valence-electron chi connectivity index (χ2n) is 7.99. The van der Waals surface area contributed by atoms with E-state index in [9.17, 15) is 0 Å². The fraction of sp³-hybridized carbons (Fsp3) is 0.379. The van der Waals surface area contributed by atoms with Crippen LogP contribution in [-0.2, 0) is 65.5 Å². The Bertz CT molecular complexity index is 716. The zero-order chi connectivity index (χ0) is 22.5. The third kappa shape index (κ3) is 10.6. The van der Waals surface area contributed by atoms with Crippen molar-refractivity contribution in [2.24, 2.45) is 0 Å². The predicted molar refractivity (Wildman–Crippen MR) is 148 cm³/mol. The smallest absolute Gasteiger partial charge is 0 e. The molecule has 0 aliphatic rings. The van der Waals surface area contributed by atoms with E-state index in [0.717, 1.165) is 5.56 Å². The molecule has 0 saturated carbocycles. The SMILES string of the molecule is Cc1c(C)c(C)[c-](C)c1C.Cc1c(C)c(C)[c-](C)c1C.[CH3-].[CH3-].[Ir].[Ir].[S-]C([S-])c1ccccc1. The van der Waals surface area contributed by atoms with E-state index in [1.807, 2.05) is 30.3 Å². The monoisotopic (exact) mass is 840 g/mol.